The number of nitrogens with zero attached hydrogens (tertiary/aromatic N) is 1. The Balaban J connectivity index is 2.91. The van der Waals surface area contributed by atoms with E-state index in [-0.39, 0.29) is 5.54 Å². The van der Waals surface area contributed by atoms with Gasteiger partial charge >= 0.3 is 0 Å². The molecule has 0 saturated carbocycles. The van der Waals surface area contributed by atoms with Crippen LogP contribution in [-0.4, -0.2) is 17.0 Å². The Hall–Kier alpha value is -0.830. The number of rotatable bonds is 3. The third kappa shape index (κ3) is 2.10. The van der Waals surface area contributed by atoms with Crippen molar-refractivity contribution in [1.82, 2.24) is 15.3 Å². The molecule has 0 atom stereocenters. The summed E-state index contributed by atoms with van der Waals surface area (Å²) in [6, 6.07) is 0. The Kier molecular flexibility index (Phi) is 2.76. The maximum Gasteiger partial charge on any atom is 0.126 e. The topological polar surface area (TPSA) is 40.7 Å². The lowest BCUT2D eigenvalue weighted by atomic mass is 10.1. The van der Waals surface area contributed by atoms with Crippen LogP contribution >= 0.6 is 0 Å². The summed E-state index contributed by atoms with van der Waals surface area (Å²) in [5, 5.41) is 3.22. The minimum absolute atomic E-state index is 0.0762. The first kappa shape index (κ1) is 10.3. The number of hydrogen-bond donors (Lipinski definition) is 2. The predicted molar refractivity (Wildman–Crippen MR) is 54.8 cm³/mol. The molecule has 0 aliphatic carbocycles. The third-order valence-corrected chi connectivity index (χ3v) is 2.43. The Morgan fingerprint density at radius 3 is 2.46 bits per heavy atom. The Morgan fingerprint density at radius 2 is 2.08 bits per heavy atom. The van der Waals surface area contributed by atoms with E-state index in [1.165, 1.54) is 5.69 Å². The van der Waals surface area contributed by atoms with E-state index in [1.54, 1.807) is 0 Å². The van der Waals surface area contributed by atoms with Crippen LogP contribution in [0.3, 0.4) is 0 Å². The molecule has 0 aliphatic rings. The molecule has 74 valence electrons. The molecule has 0 fully saturated rings. The van der Waals surface area contributed by atoms with E-state index in [0.29, 0.717) is 5.92 Å². The Bertz CT molecular complexity index is 273. The van der Waals surface area contributed by atoms with Gasteiger partial charge in [-0.1, -0.05) is 13.8 Å². The molecule has 2 N–H and O–H groups in total. The second-order valence-corrected chi connectivity index (χ2v) is 4.22. The van der Waals surface area contributed by atoms with Gasteiger partial charge in [0.1, 0.15) is 5.82 Å². The second kappa shape index (κ2) is 3.50. The van der Waals surface area contributed by atoms with Gasteiger partial charge in [0.25, 0.3) is 0 Å². The van der Waals surface area contributed by atoms with E-state index in [2.05, 4.69) is 43.0 Å². The van der Waals surface area contributed by atoms with Crippen molar-refractivity contribution in [3.8, 4) is 0 Å². The summed E-state index contributed by atoms with van der Waals surface area (Å²) in [6.07, 6.45) is 1.92. The highest BCUT2D eigenvalue weighted by molar-refractivity contribution is 5.11. The van der Waals surface area contributed by atoms with Crippen LogP contribution in [0.1, 0.15) is 45.1 Å². The molecule has 3 nitrogen and oxygen atoms in total. The summed E-state index contributed by atoms with van der Waals surface area (Å²) < 4.78 is 0. The van der Waals surface area contributed by atoms with Gasteiger partial charge in [-0.15, -0.1) is 0 Å². The maximum atomic E-state index is 4.36. The largest absolute Gasteiger partial charge is 0.344 e. The van der Waals surface area contributed by atoms with Crippen molar-refractivity contribution < 1.29 is 0 Å². The number of H-pyrrole nitrogens is 1. The average molecular weight is 181 g/mol. The van der Waals surface area contributed by atoms with E-state index in [4.69, 9.17) is 0 Å². The number of aromatic nitrogens is 2. The van der Waals surface area contributed by atoms with Crippen LogP contribution in [0.5, 0.6) is 0 Å². The van der Waals surface area contributed by atoms with Crippen LogP contribution in [0.2, 0.25) is 0 Å². The van der Waals surface area contributed by atoms with Gasteiger partial charge < -0.3 is 10.3 Å². The molecule has 1 aromatic heterocycles. The van der Waals surface area contributed by atoms with Crippen LogP contribution in [0, 0.1) is 0 Å². The van der Waals surface area contributed by atoms with Gasteiger partial charge in [0.05, 0.1) is 5.54 Å². The molecule has 13 heavy (non-hydrogen) atoms. The molecular formula is C10H19N3. The summed E-state index contributed by atoms with van der Waals surface area (Å²) in [5.74, 6) is 1.51. The molecular weight excluding hydrogens is 162 g/mol. The smallest absolute Gasteiger partial charge is 0.126 e. The van der Waals surface area contributed by atoms with Crippen molar-refractivity contribution in [1.29, 1.82) is 0 Å². The van der Waals surface area contributed by atoms with Gasteiger partial charge in [0, 0.05) is 11.9 Å². The minimum atomic E-state index is -0.0762. The van der Waals surface area contributed by atoms with Crippen LogP contribution in [0.25, 0.3) is 0 Å². The fourth-order valence-electron chi connectivity index (χ4n) is 1.06. The van der Waals surface area contributed by atoms with Gasteiger partial charge in [-0.2, -0.15) is 0 Å². The molecule has 0 radical (unpaired) electrons. The highest BCUT2D eigenvalue weighted by Crippen LogP contribution is 2.18. The van der Waals surface area contributed by atoms with E-state index < -0.39 is 0 Å². The first-order valence-corrected chi connectivity index (χ1v) is 4.71. The quantitative estimate of drug-likeness (QED) is 0.748. The van der Waals surface area contributed by atoms with Gasteiger partial charge in [-0.25, -0.2) is 4.98 Å². The summed E-state index contributed by atoms with van der Waals surface area (Å²) in [5.41, 5.74) is 1.12. The summed E-state index contributed by atoms with van der Waals surface area (Å²) in [6.45, 7) is 8.53. The van der Waals surface area contributed by atoms with Crippen molar-refractivity contribution in [3.63, 3.8) is 0 Å². The molecule has 1 aromatic rings. The van der Waals surface area contributed by atoms with Crippen molar-refractivity contribution in [2.24, 2.45) is 0 Å². The summed E-state index contributed by atoms with van der Waals surface area (Å²) in [7, 11) is 1.94. The third-order valence-electron chi connectivity index (χ3n) is 2.43. The van der Waals surface area contributed by atoms with Crippen LogP contribution in [0.15, 0.2) is 6.20 Å². The molecule has 0 saturated heterocycles. The van der Waals surface area contributed by atoms with Crippen molar-refractivity contribution in [3.05, 3.63) is 17.7 Å². The number of aromatic amines is 1. The molecule has 0 bridgehead atoms. The zero-order valence-electron chi connectivity index (χ0n) is 9.10. The highest BCUT2D eigenvalue weighted by atomic mass is 15.0. The predicted octanol–water partition coefficient (Wildman–Crippen LogP) is 1.99. The normalized spacial score (nSPS) is 12.5. The molecule has 0 aliphatic heterocycles. The maximum absolute atomic E-state index is 4.36. The molecule has 3 heteroatoms. The first-order chi connectivity index (χ1) is 5.97. The molecule has 1 rings (SSSR count). The number of imidazole rings is 1. The zero-order valence-corrected chi connectivity index (χ0v) is 9.10. The standard InChI is InChI=1S/C10H19N3/c1-7(2)8-6-12-9(13-8)10(3,4)11-5/h6-7,11H,1-5H3,(H,12,13). The van der Waals surface area contributed by atoms with Gasteiger partial charge in [-0.05, 0) is 26.8 Å². The monoisotopic (exact) mass is 181 g/mol. The van der Waals surface area contributed by atoms with E-state index in [9.17, 15) is 0 Å². The van der Waals surface area contributed by atoms with E-state index in [1.807, 2.05) is 13.2 Å². The van der Waals surface area contributed by atoms with Crippen molar-refractivity contribution in [2.75, 3.05) is 7.05 Å². The second-order valence-electron chi connectivity index (χ2n) is 4.22. The van der Waals surface area contributed by atoms with Gasteiger partial charge in [0.15, 0.2) is 0 Å². The zero-order chi connectivity index (χ0) is 10.1. The summed E-state index contributed by atoms with van der Waals surface area (Å²) in [4.78, 5) is 7.69. The fourth-order valence-corrected chi connectivity index (χ4v) is 1.06. The Morgan fingerprint density at radius 1 is 1.46 bits per heavy atom. The fraction of sp³-hybridized carbons (Fsp3) is 0.700. The van der Waals surface area contributed by atoms with Crippen LogP contribution in [-0.2, 0) is 5.54 Å². The molecule has 1 heterocycles. The number of hydrogen-bond acceptors (Lipinski definition) is 2. The van der Waals surface area contributed by atoms with Crippen LogP contribution in [0.4, 0.5) is 0 Å². The lowest BCUT2D eigenvalue weighted by molar-refractivity contribution is 0.419. The minimum Gasteiger partial charge on any atom is -0.344 e. The lowest BCUT2D eigenvalue weighted by Gasteiger charge is -2.21. The SMILES string of the molecule is CNC(C)(C)c1ncc(C(C)C)[nH]1. The summed E-state index contributed by atoms with van der Waals surface area (Å²) >= 11 is 0. The van der Waals surface area contributed by atoms with Crippen molar-refractivity contribution >= 4 is 0 Å². The first-order valence-electron chi connectivity index (χ1n) is 4.71. The Labute approximate surface area is 80.0 Å². The number of nitrogens with one attached hydrogen (secondary N) is 2. The molecule has 0 aromatic carbocycles. The van der Waals surface area contributed by atoms with Gasteiger partial charge in [-0.3, -0.25) is 0 Å². The van der Waals surface area contributed by atoms with Crippen molar-refractivity contribution in [2.45, 2.75) is 39.2 Å². The molecule has 0 amide bonds. The van der Waals surface area contributed by atoms with Crippen LogP contribution < -0.4 is 5.32 Å². The van der Waals surface area contributed by atoms with E-state index >= 15 is 0 Å². The molecule has 0 spiro atoms. The van der Waals surface area contributed by atoms with E-state index in [0.717, 1.165) is 5.82 Å². The van der Waals surface area contributed by atoms with Gasteiger partial charge in [0.2, 0.25) is 0 Å². The average Bonchev–Trinajstić information content (AvgIpc) is 2.52. The molecule has 0 unspecified atom stereocenters. The lowest BCUT2D eigenvalue weighted by Crippen LogP contribution is -2.34. The highest BCUT2D eigenvalue weighted by Gasteiger charge is 2.21.